The molecule has 3 heterocycles. The molecule has 1 N–H and O–H groups in total. The third-order valence-electron chi connectivity index (χ3n) is 7.13. The SMILES string of the molecule is CC1(C)c2ccc(-c3[c-]cccc3)nc2-c2c1ccc1oc3ccc(-c4ccccc4O)nc3c21.[Pt]. The molecule has 178 valence electrons. The van der Waals surface area contributed by atoms with Gasteiger partial charge in [-0.1, -0.05) is 44.2 Å². The number of benzene rings is 3. The van der Waals surface area contributed by atoms with Gasteiger partial charge in [0.25, 0.3) is 0 Å². The van der Waals surface area contributed by atoms with Gasteiger partial charge in [0.1, 0.15) is 16.8 Å². The smallest absolute Gasteiger partial charge is 0.153 e. The molecule has 0 radical (unpaired) electrons. The largest absolute Gasteiger partial charge is 0.507 e. The minimum absolute atomic E-state index is 0. The molecule has 3 aromatic carbocycles. The van der Waals surface area contributed by atoms with Gasteiger partial charge in [0.15, 0.2) is 5.58 Å². The van der Waals surface area contributed by atoms with Crippen molar-refractivity contribution in [3.8, 4) is 39.5 Å². The predicted molar refractivity (Wildman–Crippen MR) is 138 cm³/mol. The van der Waals surface area contributed by atoms with Crippen LogP contribution < -0.4 is 0 Å². The summed E-state index contributed by atoms with van der Waals surface area (Å²) in [5.74, 6) is 0.203. The zero-order chi connectivity index (χ0) is 23.7. The van der Waals surface area contributed by atoms with Crippen LogP contribution in [0.25, 0.3) is 55.8 Å². The van der Waals surface area contributed by atoms with Crippen LogP contribution in [-0.2, 0) is 26.5 Å². The van der Waals surface area contributed by atoms with Crippen molar-refractivity contribution in [2.24, 2.45) is 0 Å². The molecule has 0 bridgehead atoms. The Kier molecular flexibility index (Phi) is 5.13. The summed E-state index contributed by atoms with van der Waals surface area (Å²) in [4.78, 5) is 10.1. The van der Waals surface area contributed by atoms with E-state index in [2.05, 4.69) is 38.1 Å². The number of hydrogen-bond donors (Lipinski definition) is 1. The van der Waals surface area contributed by atoms with Crippen LogP contribution in [0.5, 0.6) is 5.75 Å². The average Bonchev–Trinajstić information content (AvgIpc) is 3.36. The fourth-order valence-electron chi connectivity index (χ4n) is 5.34. The van der Waals surface area contributed by atoms with Crippen molar-refractivity contribution in [3.63, 3.8) is 0 Å². The van der Waals surface area contributed by atoms with Crippen LogP contribution in [-0.4, -0.2) is 15.1 Å². The van der Waals surface area contributed by atoms with Crippen molar-refractivity contribution >= 4 is 22.1 Å². The maximum absolute atomic E-state index is 10.4. The number of rotatable bonds is 2. The molecule has 0 spiro atoms. The summed E-state index contributed by atoms with van der Waals surface area (Å²) in [5, 5.41) is 11.4. The molecular weight excluding hydrogens is 627 g/mol. The second-order valence-corrected chi connectivity index (χ2v) is 9.52. The third kappa shape index (κ3) is 3.18. The molecule has 5 heteroatoms. The van der Waals surface area contributed by atoms with Crippen molar-refractivity contribution in [1.29, 1.82) is 0 Å². The quantitative estimate of drug-likeness (QED) is 0.198. The first kappa shape index (κ1) is 22.7. The molecule has 0 saturated heterocycles. The van der Waals surface area contributed by atoms with Gasteiger partial charge in [-0.05, 0) is 47.2 Å². The van der Waals surface area contributed by atoms with Gasteiger partial charge in [0.05, 0.1) is 16.8 Å². The van der Waals surface area contributed by atoms with Crippen molar-refractivity contribution in [2.45, 2.75) is 19.3 Å². The van der Waals surface area contributed by atoms with Gasteiger partial charge in [0, 0.05) is 37.6 Å². The van der Waals surface area contributed by atoms with E-state index in [4.69, 9.17) is 14.4 Å². The molecule has 7 rings (SSSR count). The molecule has 3 aromatic heterocycles. The number of aromatic hydroxyl groups is 1. The van der Waals surface area contributed by atoms with E-state index in [9.17, 15) is 5.11 Å². The molecule has 0 amide bonds. The van der Waals surface area contributed by atoms with Crippen molar-refractivity contribution < 1.29 is 30.6 Å². The van der Waals surface area contributed by atoms with Gasteiger partial charge >= 0.3 is 0 Å². The molecule has 1 aliphatic carbocycles. The predicted octanol–water partition coefficient (Wildman–Crippen LogP) is 7.52. The standard InChI is InChI=1S/C31H21N2O2.Pt/c1-31(2)20-13-16-25-28(27(20)29-21(31)12-14-22(32-29)18-8-4-3-5-9-18)30-26(35-25)17-15-23(33-30)19-10-6-7-11-24(19)34;/h3-8,10-17,34H,1-2H3;/q-1;. The van der Waals surface area contributed by atoms with Gasteiger partial charge in [-0.3, -0.25) is 4.98 Å². The average molecular weight is 649 g/mol. The Hall–Kier alpha value is -3.75. The van der Waals surface area contributed by atoms with Gasteiger partial charge < -0.3 is 9.52 Å². The Balaban J connectivity index is 0.00000240. The summed E-state index contributed by atoms with van der Waals surface area (Å²) in [6.07, 6.45) is 0. The normalized spacial score (nSPS) is 13.4. The molecule has 4 nitrogen and oxygen atoms in total. The Morgan fingerprint density at radius 1 is 0.778 bits per heavy atom. The molecule has 1 aliphatic rings. The van der Waals surface area contributed by atoms with E-state index >= 15 is 0 Å². The fourth-order valence-corrected chi connectivity index (χ4v) is 5.34. The molecule has 0 aliphatic heterocycles. The summed E-state index contributed by atoms with van der Waals surface area (Å²) < 4.78 is 6.24. The summed E-state index contributed by atoms with van der Waals surface area (Å²) in [6, 6.07) is 30.7. The maximum atomic E-state index is 10.4. The number of furan rings is 1. The molecule has 0 fully saturated rings. The van der Waals surface area contributed by atoms with Crippen molar-refractivity contribution in [2.75, 3.05) is 0 Å². The number of phenolic OH excluding ortho intramolecular Hbond substituents is 1. The number of aromatic nitrogens is 2. The number of pyridine rings is 2. The molecule has 0 atom stereocenters. The second kappa shape index (κ2) is 8.14. The number of hydrogen-bond acceptors (Lipinski definition) is 4. The van der Waals surface area contributed by atoms with E-state index in [1.807, 2.05) is 60.7 Å². The van der Waals surface area contributed by atoms with Gasteiger partial charge in [-0.25, -0.2) is 4.98 Å². The van der Waals surface area contributed by atoms with Crippen LogP contribution >= 0.6 is 0 Å². The Bertz CT molecular complexity index is 1790. The molecule has 0 unspecified atom stereocenters. The number of phenols is 1. The van der Waals surface area contributed by atoms with Gasteiger partial charge in [-0.2, -0.15) is 0 Å². The van der Waals surface area contributed by atoms with Crippen molar-refractivity contribution in [3.05, 3.63) is 102 Å². The Morgan fingerprint density at radius 3 is 2.33 bits per heavy atom. The number of para-hydroxylation sites is 1. The molecular formula is C31H21N2O2Pt-. The molecule has 36 heavy (non-hydrogen) atoms. The summed E-state index contributed by atoms with van der Waals surface area (Å²) >= 11 is 0. The Labute approximate surface area is 222 Å². The maximum Gasteiger partial charge on any atom is 0.153 e. The number of nitrogens with zero attached hydrogens (tertiary/aromatic N) is 2. The first-order chi connectivity index (χ1) is 17.0. The van der Waals surface area contributed by atoms with Crippen LogP contribution in [0.15, 0.2) is 89.3 Å². The van der Waals surface area contributed by atoms with Crippen LogP contribution in [0.4, 0.5) is 0 Å². The van der Waals surface area contributed by atoms with Crippen LogP contribution in [0.1, 0.15) is 25.0 Å². The molecule has 0 saturated carbocycles. The fraction of sp³-hybridized carbons (Fsp3) is 0.0968. The van der Waals surface area contributed by atoms with Crippen LogP contribution in [0.2, 0.25) is 0 Å². The number of fused-ring (bicyclic) bond motifs is 7. The minimum Gasteiger partial charge on any atom is -0.507 e. The summed E-state index contributed by atoms with van der Waals surface area (Å²) in [7, 11) is 0. The topological polar surface area (TPSA) is 59.2 Å². The third-order valence-corrected chi connectivity index (χ3v) is 7.13. The Morgan fingerprint density at radius 2 is 1.53 bits per heavy atom. The van der Waals surface area contributed by atoms with Crippen molar-refractivity contribution in [1.82, 2.24) is 9.97 Å². The zero-order valence-electron chi connectivity index (χ0n) is 19.6. The van der Waals surface area contributed by atoms with Gasteiger partial charge in [0.2, 0.25) is 0 Å². The monoisotopic (exact) mass is 648 g/mol. The zero-order valence-corrected chi connectivity index (χ0v) is 21.9. The first-order valence-corrected chi connectivity index (χ1v) is 11.7. The van der Waals surface area contributed by atoms with E-state index < -0.39 is 0 Å². The minimum atomic E-state index is -0.205. The van der Waals surface area contributed by atoms with E-state index in [-0.39, 0.29) is 32.2 Å². The second-order valence-electron chi connectivity index (χ2n) is 9.52. The van der Waals surface area contributed by atoms with E-state index in [1.165, 1.54) is 11.1 Å². The first-order valence-electron chi connectivity index (χ1n) is 11.7. The van der Waals surface area contributed by atoms with Crippen LogP contribution in [0, 0.1) is 6.07 Å². The summed E-state index contributed by atoms with van der Waals surface area (Å²) in [6.45, 7) is 4.48. The summed E-state index contributed by atoms with van der Waals surface area (Å²) in [5.41, 5.74) is 9.74. The van der Waals surface area contributed by atoms with Gasteiger partial charge in [-0.15, -0.1) is 35.9 Å². The van der Waals surface area contributed by atoms with E-state index in [1.54, 1.807) is 6.07 Å². The van der Waals surface area contributed by atoms with E-state index in [0.29, 0.717) is 16.8 Å². The van der Waals surface area contributed by atoms with E-state index in [0.717, 1.165) is 39.0 Å². The van der Waals surface area contributed by atoms with Crippen LogP contribution in [0.3, 0.4) is 0 Å². The molecule has 6 aromatic rings.